The van der Waals surface area contributed by atoms with Gasteiger partial charge < -0.3 is 9.84 Å². The summed E-state index contributed by atoms with van der Waals surface area (Å²) in [6.45, 7) is 0. The first-order chi connectivity index (χ1) is 8.13. The Morgan fingerprint density at radius 3 is 2.94 bits per heavy atom. The summed E-state index contributed by atoms with van der Waals surface area (Å²) in [5.41, 5.74) is 1.19. The van der Waals surface area contributed by atoms with Gasteiger partial charge in [0.2, 0.25) is 0 Å². The molecule has 88 valence electrons. The van der Waals surface area contributed by atoms with Gasteiger partial charge in [0.25, 0.3) is 0 Å². The molecule has 1 aromatic heterocycles. The van der Waals surface area contributed by atoms with Gasteiger partial charge in [-0.25, -0.2) is 4.79 Å². The monoisotopic (exact) mass is 296 g/mol. The minimum atomic E-state index is -1.03. The molecular formula is C11H9BrN2O3. The molecule has 0 atom stereocenters. The van der Waals surface area contributed by atoms with Crippen molar-refractivity contribution >= 4 is 21.9 Å². The first kappa shape index (κ1) is 11.7. The molecule has 0 aliphatic rings. The number of aromatic nitrogens is 2. The highest BCUT2D eigenvalue weighted by Crippen LogP contribution is 2.33. The Labute approximate surface area is 106 Å². The van der Waals surface area contributed by atoms with Crippen LogP contribution in [-0.2, 0) is 0 Å². The second kappa shape index (κ2) is 4.58. The molecule has 2 rings (SSSR count). The van der Waals surface area contributed by atoms with E-state index in [1.165, 1.54) is 13.3 Å². The van der Waals surface area contributed by atoms with Gasteiger partial charge in [0.1, 0.15) is 11.3 Å². The zero-order valence-corrected chi connectivity index (χ0v) is 10.5. The van der Waals surface area contributed by atoms with Gasteiger partial charge in [-0.05, 0) is 18.2 Å². The van der Waals surface area contributed by atoms with E-state index < -0.39 is 5.97 Å². The third kappa shape index (κ3) is 2.16. The van der Waals surface area contributed by atoms with Crippen molar-refractivity contribution in [2.75, 3.05) is 7.11 Å². The van der Waals surface area contributed by atoms with Crippen LogP contribution in [0.4, 0.5) is 0 Å². The van der Waals surface area contributed by atoms with Gasteiger partial charge in [0.15, 0.2) is 0 Å². The summed E-state index contributed by atoms with van der Waals surface area (Å²) in [5.74, 6) is -0.448. The fourth-order valence-corrected chi connectivity index (χ4v) is 1.89. The lowest BCUT2D eigenvalue weighted by Gasteiger charge is -2.08. The molecule has 0 aliphatic carbocycles. The van der Waals surface area contributed by atoms with E-state index in [1.54, 1.807) is 12.1 Å². The highest BCUT2D eigenvalue weighted by molar-refractivity contribution is 9.10. The summed E-state index contributed by atoms with van der Waals surface area (Å²) in [6, 6.07) is 5.35. The second-order valence-corrected chi connectivity index (χ2v) is 4.22. The lowest BCUT2D eigenvalue weighted by atomic mass is 10.1. The minimum absolute atomic E-state index is 0.112. The fourth-order valence-electron chi connectivity index (χ4n) is 1.53. The number of hydrogen-bond acceptors (Lipinski definition) is 3. The number of nitrogens with one attached hydrogen (secondary N) is 1. The third-order valence-corrected chi connectivity index (χ3v) is 2.79. The number of ether oxygens (including phenoxy) is 1. The number of H-pyrrole nitrogens is 1. The predicted molar refractivity (Wildman–Crippen MR) is 65.2 cm³/mol. The van der Waals surface area contributed by atoms with Crippen LogP contribution in [0.15, 0.2) is 28.9 Å². The smallest absolute Gasteiger partial charge is 0.339 e. The molecule has 0 saturated carbocycles. The van der Waals surface area contributed by atoms with Gasteiger partial charge in [0.05, 0.1) is 19.0 Å². The van der Waals surface area contributed by atoms with E-state index in [9.17, 15) is 4.79 Å². The molecule has 1 heterocycles. The van der Waals surface area contributed by atoms with Crippen molar-refractivity contribution in [2.24, 2.45) is 0 Å². The van der Waals surface area contributed by atoms with Crippen LogP contribution in [0, 0.1) is 0 Å². The van der Waals surface area contributed by atoms with Crippen LogP contribution >= 0.6 is 15.9 Å². The molecule has 0 bridgehead atoms. The van der Waals surface area contributed by atoms with Gasteiger partial charge in [-0.1, -0.05) is 15.9 Å². The number of carbonyl (C=O) groups is 1. The van der Waals surface area contributed by atoms with Gasteiger partial charge in [0, 0.05) is 10.0 Å². The number of rotatable bonds is 3. The molecule has 2 aromatic rings. The molecule has 0 radical (unpaired) electrons. The van der Waals surface area contributed by atoms with Gasteiger partial charge in [-0.3, -0.25) is 5.10 Å². The van der Waals surface area contributed by atoms with Gasteiger partial charge in [-0.15, -0.1) is 0 Å². The van der Waals surface area contributed by atoms with E-state index in [2.05, 4.69) is 26.1 Å². The molecule has 0 spiro atoms. The molecule has 0 fully saturated rings. The Bertz CT molecular complexity index is 566. The number of carboxylic acids is 1. The Kier molecular flexibility index (Phi) is 3.14. The van der Waals surface area contributed by atoms with Crippen LogP contribution in [0.5, 0.6) is 5.75 Å². The lowest BCUT2D eigenvalue weighted by Crippen LogP contribution is -1.98. The third-order valence-electron chi connectivity index (χ3n) is 2.30. The zero-order valence-electron chi connectivity index (χ0n) is 8.90. The van der Waals surface area contributed by atoms with E-state index in [0.29, 0.717) is 17.0 Å². The fraction of sp³-hybridized carbons (Fsp3) is 0.0909. The molecule has 5 nitrogen and oxygen atoms in total. The van der Waals surface area contributed by atoms with Crippen LogP contribution in [0.3, 0.4) is 0 Å². The summed E-state index contributed by atoms with van der Waals surface area (Å²) in [5, 5.41) is 15.5. The molecule has 0 unspecified atom stereocenters. The van der Waals surface area contributed by atoms with Crippen LogP contribution in [0.2, 0.25) is 0 Å². The first-order valence-electron chi connectivity index (χ1n) is 4.74. The standard InChI is InChI=1S/C11H9BrN2O3/c1-17-9-3-2-6(12)4-7(9)10-8(11(15)16)5-13-14-10/h2-5H,1H3,(H,13,14)(H,15,16). The summed E-state index contributed by atoms with van der Waals surface area (Å²) < 4.78 is 6.03. The summed E-state index contributed by atoms with van der Waals surface area (Å²) in [6.07, 6.45) is 1.28. The number of aromatic amines is 1. The van der Waals surface area contributed by atoms with E-state index in [1.807, 2.05) is 6.07 Å². The van der Waals surface area contributed by atoms with Crippen molar-refractivity contribution in [3.63, 3.8) is 0 Å². The summed E-state index contributed by atoms with van der Waals surface area (Å²) >= 11 is 3.34. The number of halogens is 1. The molecule has 17 heavy (non-hydrogen) atoms. The zero-order chi connectivity index (χ0) is 12.4. The van der Waals surface area contributed by atoms with Crippen LogP contribution in [-0.4, -0.2) is 28.4 Å². The Balaban J connectivity index is 2.63. The van der Waals surface area contributed by atoms with E-state index in [-0.39, 0.29) is 5.56 Å². The number of nitrogens with zero attached hydrogens (tertiary/aromatic N) is 1. The van der Waals surface area contributed by atoms with Crippen molar-refractivity contribution < 1.29 is 14.6 Å². The Morgan fingerprint density at radius 1 is 1.53 bits per heavy atom. The molecule has 0 saturated heterocycles. The Hall–Kier alpha value is -1.82. The molecule has 6 heteroatoms. The van der Waals surface area contributed by atoms with Crippen molar-refractivity contribution in [3.05, 3.63) is 34.4 Å². The number of hydrogen-bond donors (Lipinski definition) is 2. The molecule has 2 N–H and O–H groups in total. The van der Waals surface area contributed by atoms with Crippen molar-refractivity contribution in [1.29, 1.82) is 0 Å². The first-order valence-corrected chi connectivity index (χ1v) is 5.53. The highest BCUT2D eigenvalue weighted by atomic mass is 79.9. The Morgan fingerprint density at radius 2 is 2.29 bits per heavy atom. The van der Waals surface area contributed by atoms with Crippen molar-refractivity contribution in [3.8, 4) is 17.0 Å². The quantitative estimate of drug-likeness (QED) is 0.913. The molecule has 0 aliphatic heterocycles. The second-order valence-electron chi connectivity index (χ2n) is 3.31. The number of methoxy groups -OCH3 is 1. The summed E-state index contributed by atoms with van der Waals surface area (Å²) in [4.78, 5) is 11.0. The van der Waals surface area contributed by atoms with E-state index in [4.69, 9.17) is 9.84 Å². The van der Waals surface area contributed by atoms with Crippen molar-refractivity contribution in [1.82, 2.24) is 10.2 Å². The van der Waals surface area contributed by atoms with Crippen LogP contribution < -0.4 is 4.74 Å². The number of carboxylic acid groups (broad SMARTS) is 1. The van der Waals surface area contributed by atoms with Crippen molar-refractivity contribution in [2.45, 2.75) is 0 Å². The summed E-state index contributed by atoms with van der Waals surface area (Å²) in [7, 11) is 1.53. The number of aromatic carboxylic acids is 1. The maximum Gasteiger partial charge on any atom is 0.339 e. The van der Waals surface area contributed by atoms with Crippen LogP contribution in [0.25, 0.3) is 11.3 Å². The minimum Gasteiger partial charge on any atom is -0.496 e. The lowest BCUT2D eigenvalue weighted by molar-refractivity contribution is 0.0698. The average molecular weight is 297 g/mol. The topological polar surface area (TPSA) is 75.2 Å². The van der Waals surface area contributed by atoms with E-state index >= 15 is 0 Å². The van der Waals surface area contributed by atoms with E-state index in [0.717, 1.165) is 4.47 Å². The average Bonchev–Trinajstić information content (AvgIpc) is 2.77. The molecular weight excluding hydrogens is 288 g/mol. The molecule has 0 amide bonds. The maximum atomic E-state index is 11.0. The normalized spacial score (nSPS) is 10.2. The largest absolute Gasteiger partial charge is 0.496 e. The maximum absolute atomic E-state index is 11.0. The molecule has 1 aromatic carbocycles. The van der Waals surface area contributed by atoms with Crippen LogP contribution in [0.1, 0.15) is 10.4 Å². The van der Waals surface area contributed by atoms with Gasteiger partial charge in [-0.2, -0.15) is 5.10 Å². The number of benzene rings is 1. The SMILES string of the molecule is COc1ccc(Br)cc1-c1[nH]ncc1C(=O)O. The predicted octanol–water partition coefficient (Wildman–Crippen LogP) is 2.55. The highest BCUT2D eigenvalue weighted by Gasteiger charge is 2.17. The van der Waals surface area contributed by atoms with Gasteiger partial charge >= 0.3 is 5.97 Å².